The quantitative estimate of drug-likeness (QED) is 0.319. The molecule has 0 rings (SSSR count). The van der Waals surface area contributed by atoms with Crippen molar-refractivity contribution in [2.75, 3.05) is 0 Å². The molecule has 1 atom stereocenters. The van der Waals surface area contributed by atoms with Gasteiger partial charge < -0.3 is 10.5 Å². The molecule has 0 aromatic heterocycles. The van der Waals surface area contributed by atoms with E-state index >= 15 is 0 Å². The zero-order chi connectivity index (χ0) is 9.28. The first kappa shape index (κ1) is 10.5. The summed E-state index contributed by atoms with van der Waals surface area (Å²) in [5.74, 6) is 0. The fourth-order valence-corrected chi connectivity index (χ4v) is 0.517. The third-order valence-electron chi connectivity index (χ3n) is 0.769. The van der Waals surface area contributed by atoms with Crippen molar-refractivity contribution in [3.8, 4) is 0 Å². The summed E-state index contributed by atoms with van der Waals surface area (Å²) >= 11 is 3.35. The summed E-state index contributed by atoms with van der Waals surface area (Å²) in [6.45, 7) is 0.871. The Balaban J connectivity index is 4.62. The van der Waals surface area contributed by atoms with Crippen LogP contribution < -0.4 is 5.73 Å². The predicted molar refractivity (Wildman–Crippen MR) is 39.6 cm³/mol. The van der Waals surface area contributed by atoms with Gasteiger partial charge in [0, 0.05) is 6.92 Å². The lowest BCUT2D eigenvalue weighted by molar-refractivity contribution is 0.130. The Morgan fingerprint density at radius 1 is 1.73 bits per heavy atom. The van der Waals surface area contributed by atoms with Crippen LogP contribution in [-0.2, 0) is 14.9 Å². The molecule has 0 aromatic rings. The van der Waals surface area contributed by atoms with Crippen molar-refractivity contribution in [3.05, 3.63) is 0 Å². The maximum atomic E-state index is 10.3. The van der Waals surface area contributed by atoms with Crippen LogP contribution in [0.1, 0.15) is 6.92 Å². The highest BCUT2D eigenvalue weighted by atomic mass is 32.3. The average molecular weight is 201 g/mol. The Kier molecular flexibility index (Phi) is 2.75. The molecule has 0 spiro atoms. The molecule has 0 saturated heterocycles. The third kappa shape index (κ3) is 2.95. The van der Waals surface area contributed by atoms with Crippen LogP contribution in [0, 0.1) is 0 Å². The van der Waals surface area contributed by atoms with Crippen molar-refractivity contribution in [2.45, 2.75) is 11.2 Å². The van der Waals surface area contributed by atoms with E-state index in [0.717, 1.165) is 6.92 Å². The minimum absolute atomic E-state index is 0.871. The number of hydrogen-bond donors (Lipinski definition) is 3. The van der Waals surface area contributed by atoms with Gasteiger partial charge in [-0.05, 0) is 0 Å². The lowest BCUT2D eigenvalue weighted by atomic mass is 10.8. The highest BCUT2D eigenvalue weighted by Crippen LogP contribution is 2.21. The second-order valence-corrected chi connectivity index (χ2v) is 4.68. The summed E-state index contributed by atoms with van der Waals surface area (Å²) < 4.78 is 30.7. The van der Waals surface area contributed by atoms with Crippen LogP contribution in [0.2, 0.25) is 0 Å². The van der Waals surface area contributed by atoms with Gasteiger partial charge in [0.25, 0.3) is 4.27 Å². The highest BCUT2D eigenvalue weighted by molar-refractivity contribution is 8.02. The normalized spacial score (nSPS) is 17.0. The van der Waals surface area contributed by atoms with Crippen LogP contribution >= 0.6 is 12.6 Å². The molecule has 11 heavy (non-hydrogen) atoms. The van der Waals surface area contributed by atoms with Gasteiger partial charge in [-0.1, -0.05) is 0 Å². The Labute approximate surface area is 68.9 Å². The van der Waals surface area contributed by atoms with E-state index in [-0.39, 0.29) is 0 Å². The topological polar surface area (TPSA) is 107 Å². The van der Waals surface area contributed by atoms with Crippen molar-refractivity contribution in [2.24, 2.45) is 5.73 Å². The molecule has 8 heteroatoms. The van der Waals surface area contributed by atoms with Gasteiger partial charge in [0.15, 0.2) is 0 Å². The maximum absolute atomic E-state index is 10.3. The van der Waals surface area contributed by atoms with Crippen molar-refractivity contribution in [3.63, 3.8) is 0 Å². The molecule has 0 heterocycles. The predicted octanol–water partition coefficient (Wildman–Crippen LogP) is -0.427. The molecule has 3 N–H and O–H groups in total. The van der Waals surface area contributed by atoms with Crippen LogP contribution in [0.15, 0.2) is 0 Å². The fraction of sp³-hybridized carbons (Fsp3) is 0.667. The SMILES string of the molecule is CC(S)(OC(N)=O)S(=O)(=O)O. The van der Waals surface area contributed by atoms with E-state index < -0.39 is 20.5 Å². The lowest BCUT2D eigenvalue weighted by Gasteiger charge is -2.18. The van der Waals surface area contributed by atoms with E-state index in [4.69, 9.17) is 4.55 Å². The van der Waals surface area contributed by atoms with Gasteiger partial charge in [0.1, 0.15) is 0 Å². The molecule has 0 radical (unpaired) electrons. The Morgan fingerprint density at radius 2 is 2.09 bits per heavy atom. The maximum Gasteiger partial charge on any atom is 0.406 e. The molecule has 0 saturated carbocycles. The van der Waals surface area contributed by atoms with E-state index in [0.29, 0.717) is 0 Å². The van der Waals surface area contributed by atoms with Crippen molar-refractivity contribution < 1.29 is 22.5 Å². The van der Waals surface area contributed by atoms with E-state index in [2.05, 4.69) is 23.1 Å². The number of hydrogen-bond acceptors (Lipinski definition) is 5. The van der Waals surface area contributed by atoms with Crippen LogP contribution in [0.3, 0.4) is 0 Å². The number of amides is 1. The second-order valence-electron chi connectivity index (χ2n) is 1.79. The summed E-state index contributed by atoms with van der Waals surface area (Å²) in [5, 5.41) is 0. The summed E-state index contributed by atoms with van der Waals surface area (Å²) in [5.41, 5.74) is 4.49. The van der Waals surface area contributed by atoms with Gasteiger partial charge >= 0.3 is 16.2 Å². The Morgan fingerprint density at radius 3 is 2.18 bits per heavy atom. The number of ether oxygens (including phenoxy) is 1. The molecule has 0 fully saturated rings. The Hall–Kier alpha value is -0.470. The first-order chi connectivity index (χ1) is 4.67. The van der Waals surface area contributed by atoms with Crippen molar-refractivity contribution in [1.29, 1.82) is 0 Å². The molecule has 0 aliphatic rings. The number of carbonyl (C=O) groups is 1. The first-order valence-corrected chi connectivity index (χ1v) is 4.23. The third-order valence-corrected chi connectivity index (χ3v) is 2.59. The van der Waals surface area contributed by atoms with Gasteiger partial charge in [-0.25, -0.2) is 4.79 Å². The largest absolute Gasteiger partial charge is 0.415 e. The number of thiol groups is 1. The van der Waals surface area contributed by atoms with Crippen LogP contribution in [0.4, 0.5) is 4.79 Å². The second kappa shape index (κ2) is 2.88. The monoisotopic (exact) mass is 201 g/mol. The standard InChI is InChI=1S/C3H7NO5S2/c1-3(10,9-2(4)5)11(6,7)8/h10H,1H3,(H2,4,5)(H,6,7,8). The van der Waals surface area contributed by atoms with Gasteiger partial charge in [0.2, 0.25) is 0 Å². The van der Waals surface area contributed by atoms with Gasteiger partial charge in [-0.2, -0.15) is 8.42 Å². The minimum Gasteiger partial charge on any atom is -0.415 e. The van der Waals surface area contributed by atoms with Crippen molar-refractivity contribution in [1.82, 2.24) is 0 Å². The molecule has 66 valence electrons. The summed E-state index contributed by atoms with van der Waals surface area (Å²) in [7, 11) is -4.56. The van der Waals surface area contributed by atoms with Gasteiger partial charge in [-0.15, -0.1) is 12.6 Å². The summed E-state index contributed by atoms with van der Waals surface area (Å²) in [6, 6.07) is 0. The van der Waals surface area contributed by atoms with E-state index in [1.54, 1.807) is 0 Å². The highest BCUT2D eigenvalue weighted by Gasteiger charge is 2.37. The molecule has 6 nitrogen and oxygen atoms in total. The number of carbonyl (C=O) groups excluding carboxylic acids is 1. The fourth-order valence-electron chi connectivity index (χ4n) is 0.239. The zero-order valence-corrected chi connectivity index (χ0v) is 7.22. The molecule has 0 aliphatic heterocycles. The summed E-state index contributed by atoms with van der Waals surface area (Å²) in [6.07, 6.45) is -1.33. The number of rotatable bonds is 2. The van der Waals surface area contributed by atoms with E-state index in [9.17, 15) is 13.2 Å². The Bertz CT molecular complexity index is 255. The van der Waals surface area contributed by atoms with Gasteiger partial charge in [-0.3, -0.25) is 4.55 Å². The van der Waals surface area contributed by atoms with Crippen molar-refractivity contribution >= 4 is 28.8 Å². The van der Waals surface area contributed by atoms with Crippen LogP contribution in [0.25, 0.3) is 0 Å². The van der Waals surface area contributed by atoms with E-state index in [1.165, 1.54) is 0 Å². The molecule has 0 aliphatic carbocycles. The molecular formula is C3H7NO5S2. The van der Waals surface area contributed by atoms with Gasteiger partial charge in [0.05, 0.1) is 0 Å². The van der Waals surface area contributed by atoms with Crippen LogP contribution in [0.5, 0.6) is 0 Å². The minimum atomic E-state index is -4.56. The average Bonchev–Trinajstić information content (AvgIpc) is 1.56. The van der Waals surface area contributed by atoms with Crippen LogP contribution in [-0.4, -0.2) is 23.3 Å². The smallest absolute Gasteiger partial charge is 0.406 e. The summed E-state index contributed by atoms with van der Waals surface area (Å²) in [4.78, 5) is 10.0. The molecule has 1 unspecified atom stereocenters. The first-order valence-electron chi connectivity index (χ1n) is 2.34. The molecule has 0 bridgehead atoms. The molecule has 1 amide bonds. The number of primary amides is 1. The number of nitrogens with two attached hydrogens (primary N) is 1. The van der Waals surface area contributed by atoms with E-state index in [1.807, 2.05) is 0 Å². The molecular weight excluding hydrogens is 194 g/mol. The molecule has 0 aromatic carbocycles. The zero-order valence-electron chi connectivity index (χ0n) is 5.51. The lowest BCUT2D eigenvalue weighted by Crippen LogP contribution is -2.36.